The zero-order valence-electron chi connectivity index (χ0n) is 16.9. The Hall–Kier alpha value is -2.29. The summed E-state index contributed by atoms with van der Waals surface area (Å²) in [5.41, 5.74) is 1.57. The molecular weight excluding hydrogens is 440 g/mol. The minimum atomic E-state index is -0.184. The number of allylic oxidation sites excluding steroid dienone is 1. The van der Waals surface area contributed by atoms with Gasteiger partial charge in [-0.05, 0) is 30.7 Å². The zero-order chi connectivity index (χ0) is 21.5. The number of benzene rings is 1. The van der Waals surface area contributed by atoms with E-state index in [4.69, 9.17) is 16.3 Å². The number of thioether (sulfide) groups is 1. The minimum absolute atomic E-state index is 0.176. The van der Waals surface area contributed by atoms with Crippen LogP contribution in [0.25, 0.3) is 11.4 Å². The Kier molecular flexibility index (Phi) is 7.95. The van der Waals surface area contributed by atoms with Crippen molar-refractivity contribution < 1.29 is 9.53 Å². The molecule has 0 spiro atoms. The molecule has 0 aliphatic rings. The molecule has 30 heavy (non-hydrogen) atoms. The number of carbonyl (C=O) groups is 1. The van der Waals surface area contributed by atoms with Gasteiger partial charge in [0.1, 0.15) is 5.75 Å². The number of amides is 1. The normalized spacial score (nSPS) is 10.8. The van der Waals surface area contributed by atoms with Gasteiger partial charge < -0.3 is 10.1 Å². The number of halogens is 1. The Labute approximate surface area is 189 Å². The van der Waals surface area contributed by atoms with Gasteiger partial charge in [0.15, 0.2) is 11.0 Å². The van der Waals surface area contributed by atoms with Crippen LogP contribution in [0, 0.1) is 0 Å². The topological polar surface area (TPSA) is 69.0 Å². The van der Waals surface area contributed by atoms with Crippen molar-refractivity contribution >= 4 is 46.3 Å². The molecule has 2 heterocycles. The second kappa shape index (κ2) is 10.7. The molecule has 3 aromatic rings. The predicted octanol–water partition coefficient (Wildman–Crippen LogP) is 5.54. The minimum Gasteiger partial charge on any atom is -0.495 e. The van der Waals surface area contributed by atoms with Crippen LogP contribution in [0.1, 0.15) is 18.2 Å². The average Bonchev–Trinajstić information content (AvgIpc) is 3.34. The van der Waals surface area contributed by atoms with Crippen LogP contribution >= 0.6 is 34.7 Å². The summed E-state index contributed by atoms with van der Waals surface area (Å²) < 4.78 is 7.24. The fourth-order valence-corrected chi connectivity index (χ4v) is 4.76. The summed E-state index contributed by atoms with van der Waals surface area (Å²) in [7, 11) is 1.54. The second-order valence-electron chi connectivity index (χ2n) is 6.44. The van der Waals surface area contributed by atoms with Crippen LogP contribution < -0.4 is 10.1 Å². The van der Waals surface area contributed by atoms with E-state index in [9.17, 15) is 4.79 Å². The number of methoxy groups -OCH3 is 1. The lowest BCUT2D eigenvalue weighted by atomic mass is 10.2. The monoisotopic (exact) mass is 462 g/mol. The highest BCUT2D eigenvalue weighted by Crippen LogP contribution is 2.30. The lowest BCUT2D eigenvalue weighted by Gasteiger charge is -2.10. The number of anilines is 1. The molecule has 1 amide bonds. The highest BCUT2D eigenvalue weighted by molar-refractivity contribution is 7.99. The van der Waals surface area contributed by atoms with E-state index in [-0.39, 0.29) is 11.7 Å². The van der Waals surface area contributed by atoms with Gasteiger partial charge in [-0.3, -0.25) is 9.36 Å². The Bertz CT molecular complexity index is 1030. The Balaban J connectivity index is 1.72. The molecular formula is C21H23ClN4O2S2. The quantitative estimate of drug-likeness (QED) is 0.316. The van der Waals surface area contributed by atoms with E-state index in [0.717, 1.165) is 24.2 Å². The Morgan fingerprint density at radius 2 is 2.23 bits per heavy atom. The van der Waals surface area contributed by atoms with Gasteiger partial charge in [-0.2, -0.15) is 0 Å². The number of hydrogen-bond acceptors (Lipinski definition) is 6. The summed E-state index contributed by atoms with van der Waals surface area (Å²) in [5.74, 6) is 1.33. The first kappa shape index (κ1) is 22.4. The first-order chi connectivity index (χ1) is 14.5. The maximum atomic E-state index is 12.5. The van der Waals surface area contributed by atoms with Crippen LogP contribution in [-0.4, -0.2) is 33.5 Å². The first-order valence-electron chi connectivity index (χ1n) is 9.43. The van der Waals surface area contributed by atoms with Crippen molar-refractivity contribution in [1.29, 1.82) is 0 Å². The van der Waals surface area contributed by atoms with E-state index in [1.165, 1.54) is 16.6 Å². The van der Waals surface area contributed by atoms with Gasteiger partial charge in [-0.1, -0.05) is 42.8 Å². The van der Waals surface area contributed by atoms with Crippen molar-refractivity contribution in [1.82, 2.24) is 14.8 Å². The van der Waals surface area contributed by atoms with E-state index in [1.807, 2.05) is 4.57 Å². The number of aromatic nitrogens is 3. The molecule has 2 aromatic heterocycles. The molecule has 0 radical (unpaired) electrons. The molecule has 0 bridgehead atoms. The number of nitrogens with one attached hydrogen (secondary N) is 1. The molecule has 9 heteroatoms. The lowest BCUT2D eigenvalue weighted by Crippen LogP contribution is -2.15. The van der Waals surface area contributed by atoms with E-state index >= 15 is 0 Å². The summed E-state index contributed by atoms with van der Waals surface area (Å²) in [4.78, 5) is 13.8. The molecule has 0 fully saturated rings. The number of thiophene rings is 1. The summed E-state index contributed by atoms with van der Waals surface area (Å²) in [6.45, 7) is 6.56. The van der Waals surface area contributed by atoms with E-state index < -0.39 is 0 Å². The van der Waals surface area contributed by atoms with Crippen LogP contribution in [0.15, 0.2) is 47.5 Å². The molecule has 6 nitrogen and oxygen atoms in total. The van der Waals surface area contributed by atoms with Gasteiger partial charge in [0.05, 0.1) is 18.6 Å². The molecule has 1 N–H and O–H groups in total. The number of rotatable bonds is 10. The third-order valence-electron chi connectivity index (χ3n) is 4.20. The van der Waals surface area contributed by atoms with Gasteiger partial charge in [-0.25, -0.2) is 0 Å². The number of aryl methyl sites for hydroxylation is 1. The largest absolute Gasteiger partial charge is 0.495 e. The van der Waals surface area contributed by atoms with Gasteiger partial charge in [0.2, 0.25) is 5.91 Å². The van der Waals surface area contributed by atoms with E-state index in [0.29, 0.717) is 28.2 Å². The lowest BCUT2D eigenvalue weighted by molar-refractivity contribution is -0.113. The van der Waals surface area contributed by atoms with Crippen LogP contribution in [0.4, 0.5) is 5.69 Å². The maximum Gasteiger partial charge on any atom is 0.234 e. The highest BCUT2D eigenvalue weighted by Gasteiger charge is 2.17. The van der Waals surface area contributed by atoms with E-state index in [2.05, 4.69) is 40.5 Å². The van der Waals surface area contributed by atoms with Crippen molar-refractivity contribution in [2.75, 3.05) is 18.2 Å². The molecule has 0 atom stereocenters. The molecule has 0 unspecified atom stereocenters. The third kappa shape index (κ3) is 5.44. The number of hydrogen-bond donors (Lipinski definition) is 1. The average molecular weight is 463 g/mol. The first-order valence-corrected chi connectivity index (χ1v) is 11.7. The summed E-state index contributed by atoms with van der Waals surface area (Å²) >= 11 is 9.08. The van der Waals surface area contributed by atoms with Crippen LogP contribution in [0.5, 0.6) is 5.75 Å². The zero-order valence-corrected chi connectivity index (χ0v) is 19.2. The molecule has 0 aliphatic carbocycles. The Morgan fingerprint density at radius 3 is 2.97 bits per heavy atom. The van der Waals surface area contributed by atoms with Crippen molar-refractivity contribution in [2.24, 2.45) is 0 Å². The van der Waals surface area contributed by atoms with Gasteiger partial charge in [0.25, 0.3) is 0 Å². The summed E-state index contributed by atoms with van der Waals surface area (Å²) in [6.07, 6.45) is 3.95. The predicted molar refractivity (Wildman–Crippen MR) is 125 cm³/mol. The molecule has 1 aromatic carbocycles. The summed E-state index contributed by atoms with van der Waals surface area (Å²) in [5, 5.41) is 14.8. The molecule has 0 saturated heterocycles. The van der Waals surface area contributed by atoms with E-state index in [1.54, 1.807) is 42.7 Å². The standard InChI is InChI=1S/C21H23ClN4O2S2/c1-4-6-16-10-14(12-29-16)20-24-25-21(26(20)9-5-2)30-13-19(27)23-17-11-15(22)7-8-18(17)28-3/h5,7-8,10-12H,2,4,6,9,13H2,1,3H3,(H,23,27). The number of nitrogens with zero attached hydrogens (tertiary/aromatic N) is 3. The van der Waals surface area contributed by atoms with Gasteiger partial charge in [0, 0.05) is 27.4 Å². The van der Waals surface area contributed by atoms with Crippen molar-refractivity contribution in [3.63, 3.8) is 0 Å². The van der Waals surface area contributed by atoms with Gasteiger partial charge >= 0.3 is 0 Å². The van der Waals surface area contributed by atoms with Crippen LogP contribution in [0.2, 0.25) is 5.02 Å². The Morgan fingerprint density at radius 1 is 1.40 bits per heavy atom. The fourth-order valence-electron chi connectivity index (χ4n) is 2.87. The van der Waals surface area contributed by atoms with Crippen molar-refractivity contribution in [3.8, 4) is 17.1 Å². The van der Waals surface area contributed by atoms with Crippen molar-refractivity contribution in [3.05, 3.63) is 52.2 Å². The fraction of sp³-hybridized carbons (Fsp3) is 0.286. The van der Waals surface area contributed by atoms with Gasteiger partial charge in [-0.15, -0.1) is 28.1 Å². The van der Waals surface area contributed by atoms with Crippen LogP contribution in [0.3, 0.4) is 0 Å². The smallest absolute Gasteiger partial charge is 0.234 e. The third-order valence-corrected chi connectivity index (χ3v) is 6.40. The molecule has 158 valence electrons. The molecule has 0 aliphatic heterocycles. The molecule has 3 rings (SSSR count). The highest BCUT2D eigenvalue weighted by atomic mass is 35.5. The summed E-state index contributed by atoms with van der Waals surface area (Å²) in [6, 6.07) is 7.24. The van der Waals surface area contributed by atoms with Crippen molar-refractivity contribution in [2.45, 2.75) is 31.5 Å². The SMILES string of the molecule is C=CCn1c(SCC(=O)Nc2cc(Cl)ccc2OC)nnc1-c1csc(CCC)c1. The number of carbonyl (C=O) groups excluding carboxylic acids is 1. The van der Waals surface area contributed by atoms with Crippen LogP contribution in [-0.2, 0) is 17.8 Å². The maximum absolute atomic E-state index is 12.5. The number of ether oxygens (including phenoxy) is 1. The molecule has 0 saturated carbocycles. The second-order valence-corrected chi connectivity index (χ2v) is 8.81.